The lowest BCUT2D eigenvalue weighted by Gasteiger charge is -2.44. The van der Waals surface area contributed by atoms with Crippen LogP contribution in [0.2, 0.25) is 10.0 Å². The first-order chi connectivity index (χ1) is 13.6. The highest BCUT2D eigenvalue weighted by Gasteiger charge is 2.54. The van der Waals surface area contributed by atoms with Crippen molar-refractivity contribution in [1.82, 2.24) is 0 Å². The first-order valence-corrected chi connectivity index (χ1v) is 10.9. The number of fused-ring (bicyclic) bond motifs is 7. The summed E-state index contributed by atoms with van der Waals surface area (Å²) >= 11 is 12.9. The van der Waals surface area contributed by atoms with E-state index in [0.29, 0.717) is 45.9 Å². The van der Waals surface area contributed by atoms with Crippen molar-refractivity contribution >= 4 is 34.9 Å². The Morgan fingerprint density at radius 3 is 2.79 bits per heavy atom. The molecule has 2 bridgehead atoms. The molecule has 5 rings (SSSR count). The van der Waals surface area contributed by atoms with Crippen molar-refractivity contribution in [3.63, 3.8) is 0 Å². The molecule has 0 saturated heterocycles. The SMILES string of the molecule is CCOC(=O)c1ccc2c(c1)C1C3CCC(C3)C1C(c1cccc(Cl)c1Cl)N2. The van der Waals surface area contributed by atoms with Gasteiger partial charge in [-0.15, -0.1) is 0 Å². The summed E-state index contributed by atoms with van der Waals surface area (Å²) in [4.78, 5) is 12.3. The van der Waals surface area contributed by atoms with Crippen molar-refractivity contribution in [3.05, 3.63) is 63.1 Å². The van der Waals surface area contributed by atoms with E-state index in [-0.39, 0.29) is 12.0 Å². The second-order valence-electron chi connectivity index (χ2n) is 8.22. The van der Waals surface area contributed by atoms with E-state index in [1.165, 1.54) is 24.8 Å². The van der Waals surface area contributed by atoms with Crippen LogP contribution in [0.1, 0.15) is 59.6 Å². The van der Waals surface area contributed by atoms with E-state index in [4.69, 9.17) is 27.9 Å². The number of halogens is 2. The fraction of sp³-hybridized carbons (Fsp3) is 0.435. The van der Waals surface area contributed by atoms with Crippen LogP contribution in [0.3, 0.4) is 0 Å². The van der Waals surface area contributed by atoms with Crippen LogP contribution in [-0.4, -0.2) is 12.6 Å². The Morgan fingerprint density at radius 2 is 1.96 bits per heavy atom. The van der Waals surface area contributed by atoms with Gasteiger partial charge in [-0.05, 0) is 85.3 Å². The lowest BCUT2D eigenvalue weighted by molar-refractivity contribution is 0.0526. The van der Waals surface area contributed by atoms with Gasteiger partial charge in [0.1, 0.15) is 0 Å². The number of hydrogen-bond donors (Lipinski definition) is 1. The molecular weight excluding hydrogens is 393 g/mol. The van der Waals surface area contributed by atoms with Crippen molar-refractivity contribution in [3.8, 4) is 0 Å². The van der Waals surface area contributed by atoms with E-state index in [0.717, 1.165) is 11.3 Å². The minimum atomic E-state index is -0.245. The highest BCUT2D eigenvalue weighted by atomic mass is 35.5. The number of benzene rings is 2. The van der Waals surface area contributed by atoms with E-state index in [1.807, 2.05) is 31.2 Å². The second kappa shape index (κ2) is 6.96. The van der Waals surface area contributed by atoms with Gasteiger partial charge in [0, 0.05) is 5.69 Å². The van der Waals surface area contributed by atoms with E-state index in [9.17, 15) is 4.79 Å². The van der Waals surface area contributed by atoms with Gasteiger partial charge in [0.15, 0.2) is 0 Å². The molecule has 2 fully saturated rings. The van der Waals surface area contributed by atoms with Crippen molar-refractivity contribution in [2.24, 2.45) is 17.8 Å². The third-order valence-corrected chi connectivity index (χ3v) is 7.75. The number of hydrogen-bond acceptors (Lipinski definition) is 3. The van der Waals surface area contributed by atoms with Crippen molar-refractivity contribution < 1.29 is 9.53 Å². The normalized spacial score (nSPS) is 29.8. The van der Waals surface area contributed by atoms with Gasteiger partial charge in [0.25, 0.3) is 0 Å². The van der Waals surface area contributed by atoms with Gasteiger partial charge in [-0.2, -0.15) is 0 Å². The van der Waals surface area contributed by atoms with Gasteiger partial charge in [-0.25, -0.2) is 4.79 Å². The molecule has 5 heteroatoms. The van der Waals surface area contributed by atoms with E-state index in [1.54, 1.807) is 0 Å². The maximum atomic E-state index is 12.3. The van der Waals surface area contributed by atoms with Crippen LogP contribution in [0.25, 0.3) is 0 Å². The highest BCUT2D eigenvalue weighted by molar-refractivity contribution is 6.42. The molecule has 0 aromatic heterocycles. The number of ether oxygens (including phenoxy) is 1. The van der Waals surface area contributed by atoms with Crippen molar-refractivity contribution in [2.45, 2.75) is 38.1 Å². The largest absolute Gasteiger partial charge is 0.462 e. The standard InChI is InChI=1S/C23H23Cl2NO2/c1-2-28-23(27)14-8-9-18-16(11-14)19-12-6-7-13(10-12)20(19)22(26-18)15-4-3-5-17(24)21(15)25/h3-5,8-9,11-13,19-20,22,26H,2,6-7,10H2,1H3. The van der Waals surface area contributed by atoms with Crippen LogP contribution < -0.4 is 5.32 Å². The number of rotatable bonds is 3. The van der Waals surface area contributed by atoms with Crippen LogP contribution in [-0.2, 0) is 4.74 Å². The molecule has 3 aliphatic rings. The molecule has 2 saturated carbocycles. The van der Waals surface area contributed by atoms with Crippen LogP contribution in [0.15, 0.2) is 36.4 Å². The summed E-state index contributed by atoms with van der Waals surface area (Å²) in [6.45, 7) is 2.23. The van der Waals surface area contributed by atoms with Gasteiger partial charge in [0.2, 0.25) is 0 Å². The number of nitrogens with one attached hydrogen (secondary N) is 1. The van der Waals surface area contributed by atoms with Crippen LogP contribution in [0.4, 0.5) is 5.69 Å². The molecule has 0 radical (unpaired) electrons. The minimum absolute atomic E-state index is 0.146. The summed E-state index contributed by atoms with van der Waals surface area (Å²) in [5, 5.41) is 4.99. The van der Waals surface area contributed by atoms with E-state index in [2.05, 4.69) is 17.4 Å². The molecule has 2 aromatic rings. The van der Waals surface area contributed by atoms with Gasteiger partial charge in [-0.3, -0.25) is 0 Å². The summed E-state index contributed by atoms with van der Waals surface area (Å²) in [5.74, 6) is 2.03. The molecule has 1 N–H and O–H groups in total. The average Bonchev–Trinajstić information content (AvgIpc) is 3.32. The number of carbonyl (C=O) groups is 1. The second-order valence-corrected chi connectivity index (χ2v) is 9.01. The zero-order chi connectivity index (χ0) is 19.4. The molecule has 2 aliphatic carbocycles. The first kappa shape index (κ1) is 18.3. The predicted molar refractivity (Wildman–Crippen MR) is 112 cm³/mol. The molecule has 5 unspecified atom stereocenters. The Bertz CT molecular complexity index is 944. The van der Waals surface area contributed by atoms with Gasteiger partial charge in [-0.1, -0.05) is 35.3 Å². The lowest BCUT2D eigenvalue weighted by Crippen LogP contribution is -2.35. The van der Waals surface area contributed by atoms with E-state index < -0.39 is 0 Å². The average molecular weight is 416 g/mol. The number of carbonyl (C=O) groups excluding carboxylic acids is 1. The van der Waals surface area contributed by atoms with Gasteiger partial charge in [0.05, 0.1) is 28.3 Å². The molecule has 3 nitrogen and oxygen atoms in total. The predicted octanol–water partition coefficient (Wildman–Crippen LogP) is 6.47. The Labute approximate surface area is 175 Å². The summed E-state index contributed by atoms with van der Waals surface area (Å²) in [6, 6.07) is 12.0. The maximum absolute atomic E-state index is 12.3. The summed E-state index contributed by atoms with van der Waals surface area (Å²) in [5.41, 5.74) is 4.08. The van der Waals surface area contributed by atoms with Crippen molar-refractivity contribution in [1.29, 1.82) is 0 Å². The molecule has 1 heterocycles. The molecule has 0 amide bonds. The first-order valence-electron chi connectivity index (χ1n) is 10.1. The zero-order valence-electron chi connectivity index (χ0n) is 15.8. The third kappa shape index (κ3) is 2.74. The molecule has 146 valence electrons. The smallest absolute Gasteiger partial charge is 0.338 e. The molecule has 2 aromatic carbocycles. The molecule has 5 atom stereocenters. The fourth-order valence-corrected chi connectivity index (χ4v) is 6.32. The van der Waals surface area contributed by atoms with Crippen LogP contribution >= 0.6 is 23.2 Å². The molecule has 1 aliphatic heterocycles. The van der Waals surface area contributed by atoms with E-state index >= 15 is 0 Å². The van der Waals surface area contributed by atoms with Crippen LogP contribution in [0.5, 0.6) is 0 Å². The van der Waals surface area contributed by atoms with Crippen molar-refractivity contribution in [2.75, 3.05) is 11.9 Å². The molecule has 0 spiro atoms. The topological polar surface area (TPSA) is 38.3 Å². The highest BCUT2D eigenvalue weighted by Crippen LogP contribution is 2.64. The summed E-state index contributed by atoms with van der Waals surface area (Å²) in [6.07, 6.45) is 3.80. The minimum Gasteiger partial charge on any atom is -0.462 e. The van der Waals surface area contributed by atoms with Gasteiger partial charge >= 0.3 is 5.97 Å². The monoisotopic (exact) mass is 415 g/mol. The fourth-order valence-electron chi connectivity index (χ4n) is 5.90. The maximum Gasteiger partial charge on any atom is 0.338 e. The number of esters is 1. The Hall–Kier alpha value is -1.71. The quantitative estimate of drug-likeness (QED) is 0.583. The molecule has 28 heavy (non-hydrogen) atoms. The Morgan fingerprint density at radius 1 is 1.14 bits per heavy atom. The van der Waals surface area contributed by atoms with Gasteiger partial charge < -0.3 is 10.1 Å². The number of anilines is 1. The zero-order valence-corrected chi connectivity index (χ0v) is 17.3. The third-order valence-electron chi connectivity index (χ3n) is 6.91. The Balaban J connectivity index is 1.60. The van der Waals surface area contributed by atoms with Crippen LogP contribution in [0, 0.1) is 17.8 Å². The Kier molecular flexibility index (Phi) is 4.56. The summed E-state index contributed by atoms with van der Waals surface area (Å²) < 4.78 is 5.22. The molecular formula is C23H23Cl2NO2. The lowest BCUT2D eigenvalue weighted by atomic mass is 9.68. The summed E-state index contributed by atoms with van der Waals surface area (Å²) in [7, 11) is 0.